The van der Waals surface area contributed by atoms with Crippen molar-refractivity contribution >= 4 is 5.91 Å². The second-order valence-electron chi connectivity index (χ2n) is 7.27. The quantitative estimate of drug-likeness (QED) is 0.879. The van der Waals surface area contributed by atoms with E-state index < -0.39 is 0 Å². The van der Waals surface area contributed by atoms with Crippen LogP contribution >= 0.6 is 0 Å². The molecule has 2 aromatic rings. The number of hydrogen-bond donors (Lipinski definition) is 1. The first-order valence-electron chi connectivity index (χ1n) is 9.28. The summed E-state index contributed by atoms with van der Waals surface area (Å²) in [5.41, 5.74) is 1.92. The van der Waals surface area contributed by atoms with Crippen molar-refractivity contribution in [3.63, 3.8) is 0 Å². The molecule has 25 heavy (non-hydrogen) atoms. The molecule has 0 bridgehead atoms. The average Bonchev–Trinajstić information content (AvgIpc) is 3.38. The molecule has 1 unspecified atom stereocenters. The van der Waals surface area contributed by atoms with Crippen LogP contribution in [0.2, 0.25) is 0 Å². The average molecular weight is 339 g/mol. The maximum Gasteiger partial charge on any atom is 0.226 e. The van der Waals surface area contributed by atoms with Gasteiger partial charge in [0.25, 0.3) is 0 Å². The lowest BCUT2D eigenvalue weighted by Crippen LogP contribution is -2.43. The van der Waals surface area contributed by atoms with Crippen LogP contribution in [0.1, 0.15) is 31.4 Å². The lowest BCUT2D eigenvalue weighted by Gasteiger charge is -2.31. The highest BCUT2D eigenvalue weighted by atomic mass is 16.3. The zero-order valence-corrected chi connectivity index (χ0v) is 14.5. The fourth-order valence-electron chi connectivity index (χ4n) is 3.45. The monoisotopic (exact) mass is 339 g/mol. The highest BCUT2D eigenvalue weighted by molar-refractivity contribution is 5.79. The van der Waals surface area contributed by atoms with Gasteiger partial charge in [-0.3, -0.25) is 9.69 Å². The van der Waals surface area contributed by atoms with Gasteiger partial charge in [0.05, 0.1) is 11.6 Å². The third-order valence-electron chi connectivity index (χ3n) is 5.10. The highest BCUT2D eigenvalue weighted by Gasteiger charge is 2.28. The zero-order chi connectivity index (χ0) is 17.1. The summed E-state index contributed by atoms with van der Waals surface area (Å²) in [4.78, 5) is 19.3. The predicted molar refractivity (Wildman–Crippen MR) is 95.7 cm³/mol. The molecule has 1 N–H and O–H groups in total. The molecule has 1 aromatic heterocycles. The van der Waals surface area contributed by atoms with Gasteiger partial charge in [-0.1, -0.05) is 18.2 Å². The first-order chi connectivity index (χ1) is 12.3. The molecule has 2 fully saturated rings. The van der Waals surface area contributed by atoms with Gasteiger partial charge in [-0.05, 0) is 50.3 Å². The van der Waals surface area contributed by atoms with Crippen molar-refractivity contribution < 1.29 is 9.21 Å². The minimum absolute atomic E-state index is 0.105. The van der Waals surface area contributed by atoms with Crippen molar-refractivity contribution in [3.05, 3.63) is 42.3 Å². The molecule has 0 radical (unpaired) electrons. The Kier molecular flexibility index (Phi) is 4.83. The van der Waals surface area contributed by atoms with Crippen LogP contribution in [0.15, 0.2) is 41.0 Å². The van der Waals surface area contributed by atoms with Crippen molar-refractivity contribution in [1.82, 2.24) is 15.2 Å². The number of benzene rings is 1. The maximum atomic E-state index is 12.3. The molecule has 5 nitrogen and oxygen atoms in total. The van der Waals surface area contributed by atoms with Crippen molar-refractivity contribution in [1.29, 1.82) is 0 Å². The van der Waals surface area contributed by atoms with Gasteiger partial charge >= 0.3 is 0 Å². The van der Waals surface area contributed by atoms with Crippen molar-refractivity contribution in [2.24, 2.45) is 11.8 Å². The van der Waals surface area contributed by atoms with Gasteiger partial charge in [-0.2, -0.15) is 0 Å². The molecule has 0 spiro atoms. The number of amides is 1. The Bertz CT molecular complexity index is 709. The molecule has 1 saturated carbocycles. The molecule has 1 aliphatic carbocycles. The van der Waals surface area contributed by atoms with Gasteiger partial charge in [0.1, 0.15) is 6.26 Å². The number of nitrogens with zero attached hydrogens (tertiary/aromatic N) is 2. The Morgan fingerprint density at radius 2 is 2.08 bits per heavy atom. The van der Waals surface area contributed by atoms with Crippen LogP contribution in [0.3, 0.4) is 0 Å². The minimum atomic E-state index is 0.105. The van der Waals surface area contributed by atoms with E-state index in [-0.39, 0.29) is 11.8 Å². The Labute approximate surface area is 148 Å². The first-order valence-corrected chi connectivity index (χ1v) is 9.28. The van der Waals surface area contributed by atoms with E-state index in [1.54, 1.807) is 6.26 Å². The molecule has 1 atom stereocenters. The minimum Gasteiger partial charge on any atom is -0.444 e. The second kappa shape index (κ2) is 7.40. The second-order valence-corrected chi connectivity index (χ2v) is 7.27. The fourth-order valence-corrected chi connectivity index (χ4v) is 3.45. The third kappa shape index (κ3) is 4.28. The topological polar surface area (TPSA) is 58.4 Å². The first kappa shape index (κ1) is 16.3. The molecule has 1 aliphatic heterocycles. The molecule has 1 aromatic carbocycles. The number of carbonyl (C=O) groups excluding carboxylic acids is 1. The summed E-state index contributed by atoms with van der Waals surface area (Å²) in [6, 6.07) is 9.94. The largest absolute Gasteiger partial charge is 0.444 e. The van der Waals surface area contributed by atoms with Crippen LogP contribution in [0.25, 0.3) is 11.5 Å². The zero-order valence-electron chi connectivity index (χ0n) is 14.5. The molecule has 132 valence electrons. The molecule has 4 rings (SSSR count). The van der Waals surface area contributed by atoms with Crippen LogP contribution in [-0.4, -0.2) is 35.4 Å². The van der Waals surface area contributed by atoms with Crippen molar-refractivity contribution in [2.45, 2.75) is 32.2 Å². The highest BCUT2D eigenvalue weighted by Crippen LogP contribution is 2.28. The third-order valence-corrected chi connectivity index (χ3v) is 5.10. The Morgan fingerprint density at radius 1 is 1.24 bits per heavy atom. The van der Waals surface area contributed by atoms with Crippen LogP contribution in [0.5, 0.6) is 0 Å². The number of likely N-dealkylation sites (tertiary alicyclic amines) is 1. The van der Waals surface area contributed by atoms with E-state index in [0.717, 1.165) is 56.2 Å². The van der Waals surface area contributed by atoms with Crippen LogP contribution in [0, 0.1) is 11.8 Å². The molecule has 2 heterocycles. The van der Waals surface area contributed by atoms with Gasteiger partial charge in [-0.15, -0.1) is 0 Å². The summed E-state index contributed by atoms with van der Waals surface area (Å²) in [6.45, 7) is 3.42. The molecule has 1 amide bonds. The Morgan fingerprint density at radius 3 is 2.88 bits per heavy atom. The smallest absolute Gasteiger partial charge is 0.226 e. The number of aromatic nitrogens is 1. The van der Waals surface area contributed by atoms with Crippen LogP contribution in [0.4, 0.5) is 0 Å². The maximum absolute atomic E-state index is 12.3. The number of hydrogen-bond acceptors (Lipinski definition) is 4. The van der Waals surface area contributed by atoms with E-state index in [4.69, 9.17) is 4.42 Å². The summed E-state index contributed by atoms with van der Waals surface area (Å²) < 4.78 is 5.62. The van der Waals surface area contributed by atoms with E-state index in [9.17, 15) is 4.79 Å². The normalized spacial score (nSPS) is 21.2. The number of oxazole rings is 1. The van der Waals surface area contributed by atoms with Crippen LogP contribution in [-0.2, 0) is 11.3 Å². The van der Waals surface area contributed by atoms with Crippen molar-refractivity contribution in [2.75, 3.05) is 19.6 Å². The number of carbonyl (C=O) groups is 1. The fraction of sp³-hybridized carbons (Fsp3) is 0.500. The number of rotatable bonds is 6. The van der Waals surface area contributed by atoms with E-state index >= 15 is 0 Å². The molecule has 1 saturated heterocycles. The molecule has 5 heteroatoms. The standard InChI is InChI=1S/C20H25N3O2/c24-19(21-11-15-8-9-15)17-7-4-10-23(12-17)13-18-14-25-20(22-18)16-5-2-1-3-6-16/h1-3,5-6,14-15,17H,4,7-13H2,(H,21,24). The summed E-state index contributed by atoms with van der Waals surface area (Å²) >= 11 is 0. The van der Waals surface area contributed by atoms with Crippen LogP contribution < -0.4 is 5.32 Å². The Hall–Kier alpha value is -2.14. The molecule has 2 aliphatic rings. The SMILES string of the molecule is O=C(NCC1CC1)C1CCCN(Cc2coc(-c3ccccc3)n2)C1. The van der Waals surface area contributed by atoms with E-state index in [1.165, 1.54) is 12.8 Å². The van der Waals surface area contributed by atoms with Gasteiger partial charge in [-0.25, -0.2) is 4.98 Å². The van der Waals surface area contributed by atoms with E-state index in [0.29, 0.717) is 5.89 Å². The van der Waals surface area contributed by atoms with Crippen molar-refractivity contribution in [3.8, 4) is 11.5 Å². The number of nitrogens with one attached hydrogen (secondary N) is 1. The summed E-state index contributed by atoms with van der Waals surface area (Å²) in [7, 11) is 0. The van der Waals surface area contributed by atoms with Gasteiger partial charge < -0.3 is 9.73 Å². The van der Waals surface area contributed by atoms with Gasteiger partial charge in [0.15, 0.2) is 0 Å². The summed E-state index contributed by atoms with van der Waals surface area (Å²) in [5.74, 6) is 1.72. The van der Waals surface area contributed by atoms with E-state index in [2.05, 4.69) is 15.2 Å². The molecular weight excluding hydrogens is 314 g/mol. The van der Waals surface area contributed by atoms with Gasteiger partial charge in [0.2, 0.25) is 11.8 Å². The van der Waals surface area contributed by atoms with Gasteiger partial charge in [0, 0.05) is 25.2 Å². The number of piperidine rings is 1. The predicted octanol–water partition coefficient (Wildman–Crippen LogP) is 3.08. The summed E-state index contributed by atoms with van der Waals surface area (Å²) in [6.07, 6.45) is 6.32. The van der Waals surface area contributed by atoms with E-state index in [1.807, 2.05) is 30.3 Å². The lowest BCUT2D eigenvalue weighted by molar-refractivity contribution is -0.126. The molecular formula is C20H25N3O2. The lowest BCUT2D eigenvalue weighted by atomic mass is 9.97. The summed E-state index contributed by atoms with van der Waals surface area (Å²) in [5, 5.41) is 3.12. The Balaban J connectivity index is 1.32.